The van der Waals surface area contributed by atoms with Gasteiger partial charge in [0.1, 0.15) is 5.75 Å². The number of hydrogen-bond donors (Lipinski definition) is 3. The molecule has 0 aliphatic rings. The highest BCUT2D eigenvalue weighted by Gasteiger charge is 2.23. The molecule has 0 fully saturated rings. The molecule has 30 heavy (non-hydrogen) atoms. The van der Waals surface area contributed by atoms with E-state index < -0.39 is 11.9 Å². The molecule has 0 atom stereocenters. The third kappa shape index (κ3) is 4.44. The number of hydrazone groups is 1. The van der Waals surface area contributed by atoms with Gasteiger partial charge in [-0.05, 0) is 37.3 Å². The Kier molecular flexibility index (Phi) is 6.38. The number of nitrogens with one attached hydrogen (secondary N) is 1. The third-order valence-corrected chi connectivity index (χ3v) is 4.39. The zero-order valence-electron chi connectivity index (χ0n) is 15.9. The number of para-hydroxylation sites is 1. The first-order valence-corrected chi connectivity index (χ1v) is 9.29. The molecule has 9 heteroatoms. The van der Waals surface area contributed by atoms with Crippen molar-refractivity contribution < 1.29 is 24.5 Å². The predicted octanol–water partition coefficient (Wildman–Crippen LogP) is 3.48. The van der Waals surface area contributed by atoms with Crippen LogP contribution in [0.5, 0.6) is 11.5 Å². The lowest BCUT2D eigenvalue weighted by Gasteiger charge is -2.08. The lowest BCUT2D eigenvalue weighted by atomic mass is 10.2. The SMILES string of the molecule is CCOC(=O)c1c(O)c(C=NNC(=O)c2ccc(O)c(Cl)c2)cn1-c1ccccc1. The fraction of sp³-hybridized carbons (Fsp3) is 0.0952. The molecule has 154 valence electrons. The van der Waals surface area contributed by atoms with Crippen LogP contribution < -0.4 is 5.43 Å². The maximum absolute atomic E-state index is 12.3. The minimum atomic E-state index is -0.693. The van der Waals surface area contributed by atoms with Crippen molar-refractivity contribution in [1.29, 1.82) is 0 Å². The summed E-state index contributed by atoms with van der Waals surface area (Å²) in [5, 5.41) is 23.8. The molecule has 0 radical (unpaired) electrons. The maximum Gasteiger partial charge on any atom is 0.359 e. The zero-order valence-corrected chi connectivity index (χ0v) is 16.6. The van der Waals surface area contributed by atoms with Crippen LogP contribution in [0.4, 0.5) is 0 Å². The second kappa shape index (κ2) is 9.15. The van der Waals surface area contributed by atoms with Crippen LogP contribution in [0.2, 0.25) is 5.02 Å². The van der Waals surface area contributed by atoms with E-state index in [1.165, 1.54) is 35.2 Å². The second-order valence-electron chi connectivity index (χ2n) is 6.07. The summed E-state index contributed by atoms with van der Waals surface area (Å²) >= 11 is 5.79. The average Bonchev–Trinajstić information content (AvgIpc) is 3.07. The number of hydrogen-bond acceptors (Lipinski definition) is 6. The summed E-state index contributed by atoms with van der Waals surface area (Å²) < 4.78 is 6.52. The lowest BCUT2D eigenvalue weighted by Crippen LogP contribution is -2.17. The summed E-state index contributed by atoms with van der Waals surface area (Å²) in [7, 11) is 0. The van der Waals surface area contributed by atoms with Crippen molar-refractivity contribution in [3.8, 4) is 17.2 Å². The molecule has 3 aromatic rings. The van der Waals surface area contributed by atoms with Gasteiger partial charge in [0.25, 0.3) is 5.91 Å². The van der Waals surface area contributed by atoms with Crippen molar-refractivity contribution in [2.75, 3.05) is 6.61 Å². The van der Waals surface area contributed by atoms with E-state index in [1.54, 1.807) is 31.2 Å². The molecule has 3 rings (SSSR count). The van der Waals surface area contributed by atoms with Crippen molar-refractivity contribution in [2.24, 2.45) is 5.10 Å². The van der Waals surface area contributed by atoms with Crippen LogP contribution in [0.25, 0.3) is 5.69 Å². The van der Waals surface area contributed by atoms with Crippen LogP contribution in [-0.2, 0) is 4.74 Å². The molecule has 2 aromatic carbocycles. The zero-order chi connectivity index (χ0) is 21.7. The molecule has 1 amide bonds. The number of aromatic hydroxyl groups is 2. The van der Waals surface area contributed by atoms with E-state index in [0.717, 1.165) is 0 Å². The average molecular weight is 428 g/mol. The van der Waals surface area contributed by atoms with Crippen molar-refractivity contribution in [1.82, 2.24) is 9.99 Å². The van der Waals surface area contributed by atoms with E-state index in [1.807, 2.05) is 6.07 Å². The van der Waals surface area contributed by atoms with Crippen molar-refractivity contribution in [3.05, 3.63) is 76.6 Å². The number of nitrogens with zero attached hydrogens (tertiary/aromatic N) is 2. The normalized spacial score (nSPS) is 10.9. The molecule has 8 nitrogen and oxygen atoms in total. The monoisotopic (exact) mass is 427 g/mol. The first-order valence-electron chi connectivity index (χ1n) is 8.91. The summed E-state index contributed by atoms with van der Waals surface area (Å²) in [6, 6.07) is 12.9. The number of carbonyl (C=O) groups excluding carboxylic acids is 2. The highest BCUT2D eigenvalue weighted by atomic mass is 35.5. The van der Waals surface area contributed by atoms with Gasteiger partial charge in [0.15, 0.2) is 11.4 Å². The predicted molar refractivity (Wildman–Crippen MR) is 112 cm³/mol. The van der Waals surface area contributed by atoms with Crippen molar-refractivity contribution >= 4 is 29.7 Å². The van der Waals surface area contributed by atoms with Gasteiger partial charge in [-0.15, -0.1) is 0 Å². The Morgan fingerprint density at radius 2 is 1.93 bits per heavy atom. The van der Waals surface area contributed by atoms with Crippen LogP contribution in [0.1, 0.15) is 33.3 Å². The number of carbonyl (C=O) groups is 2. The number of amides is 1. The van der Waals surface area contributed by atoms with Crippen molar-refractivity contribution in [2.45, 2.75) is 6.92 Å². The minimum Gasteiger partial charge on any atom is -0.506 e. The molecule has 0 saturated carbocycles. The smallest absolute Gasteiger partial charge is 0.359 e. The van der Waals surface area contributed by atoms with E-state index in [0.29, 0.717) is 5.69 Å². The molecule has 1 aromatic heterocycles. The fourth-order valence-corrected chi connectivity index (χ4v) is 2.85. The Morgan fingerprint density at radius 3 is 2.60 bits per heavy atom. The number of rotatable bonds is 6. The first kappa shape index (κ1) is 20.9. The van der Waals surface area contributed by atoms with Crippen LogP contribution >= 0.6 is 11.6 Å². The van der Waals surface area contributed by atoms with Gasteiger partial charge in [0, 0.05) is 17.4 Å². The quantitative estimate of drug-likeness (QED) is 0.316. The lowest BCUT2D eigenvalue weighted by molar-refractivity contribution is 0.0513. The molecule has 0 saturated heterocycles. The van der Waals surface area contributed by atoms with E-state index in [2.05, 4.69) is 10.5 Å². The summed E-state index contributed by atoms with van der Waals surface area (Å²) in [6.07, 6.45) is 2.71. The van der Waals surface area contributed by atoms with E-state index in [9.17, 15) is 19.8 Å². The summed E-state index contributed by atoms with van der Waals surface area (Å²) in [5.74, 6) is -1.74. The number of phenolic OH excluding ortho intramolecular Hbond substituents is 1. The molecule has 0 unspecified atom stereocenters. The molecular formula is C21H18ClN3O5. The Morgan fingerprint density at radius 1 is 1.20 bits per heavy atom. The van der Waals surface area contributed by atoms with Crippen LogP contribution in [0.15, 0.2) is 59.8 Å². The Bertz CT molecular complexity index is 1110. The number of ether oxygens (including phenoxy) is 1. The molecular weight excluding hydrogens is 410 g/mol. The second-order valence-corrected chi connectivity index (χ2v) is 6.48. The van der Waals surface area contributed by atoms with E-state index >= 15 is 0 Å². The standard InChI is InChI=1S/C21H18ClN3O5/c1-2-30-21(29)18-19(27)14(12-25(18)15-6-4-3-5-7-15)11-23-24-20(28)13-8-9-17(26)16(22)10-13/h3-12,26-27H,2H2,1H3,(H,24,28). The van der Waals surface area contributed by atoms with Gasteiger partial charge >= 0.3 is 5.97 Å². The summed E-state index contributed by atoms with van der Waals surface area (Å²) in [4.78, 5) is 24.5. The Balaban J connectivity index is 1.87. The third-order valence-electron chi connectivity index (χ3n) is 4.09. The van der Waals surface area contributed by atoms with Gasteiger partial charge in [-0.25, -0.2) is 10.2 Å². The van der Waals surface area contributed by atoms with E-state index in [-0.39, 0.29) is 39.9 Å². The van der Waals surface area contributed by atoms with Gasteiger partial charge in [0.2, 0.25) is 0 Å². The van der Waals surface area contributed by atoms with E-state index in [4.69, 9.17) is 16.3 Å². The maximum atomic E-state index is 12.3. The minimum absolute atomic E-state index is 0.0308. The molecule has 0 spiro atoms. The van der Waals surface area contributed by atoms with Gasteiger partial charge in [-0.2, -0.15) is 5.10 Å². The number of halogens is 1. The number of benzene rings is 2. The molecule has 3 N–H and O–H groups in total. The molecule has 0 aliphatic carbocycles. The molecule has 1 heterocycles. The largest absolute Gasteiger partial charge is 0.506 e. The molecule has 0 bridgehead atoms. The highest BCUT2D eigenvalue weighted by Crippen LogP contribution is 2.28. The summed E-state index contributed by atoms with van der Waals surface area (Å²) in [6.45, 7) is 1.81. The Labute approximate surface area is 177 Å². The summed E-state index contributed by atoms with van der Waals surface area (Å²) in [5.41, 5.74) is 3.27. The van der Waals surface area contributed by atoms with Gasteiger partial charge in [-0.1, -0.05) is 29.8 Å². The first-order chi connectivity index (χ1) is 14.4. The van der Waals surface area contributed by atoms with Crippen LogP contribution in [-0.4, -0.2) is 39.5 Å². The number of aromatic nitrogens is 1. The number of esters is 1. The van der Waals surface area contributed by atoms with Gasteiger partial charge in [0.05, 0.1) is 23.4 Å². The topological polar surface area (TPSA) is 113 Å². The Hall–Kier alpha value is -3.78. The van der Waals surface area contributed by atoms with Gasteiger partial charge < -0.3 is 19.5 Å². The number of phenols is 1. The van der Waals surface area contributed by atoms with Crippen LogP contribution in [0.3, 0.4) is 0 Å². The van der Waals surface area contributed by atoms with Crippen LogP contribution in [0, 0.1) is 0 Å². The van der Waals surface area contributed by atoms with Gasteiger partial charge in [-0.3, -0.25) is 4.79 Å². The molecule has 0 aliphatic heterocycles. The van der Waals surface area contributed by atoms with Crippen molar-refractivity contribution in [3.63, 3.8) is 0 Å². The fourth-order valence-electron chi connectivity index (χ4n) is 2.67. The highest BCUT2D eigenvalue weighted by molar-refractivity contribution is 6.32.